The Morgan fingerprint density at radius 2 is 1.96 bits per heavy atom. The van der Waals surface area contributed by atoms with Crippen LogP contribution in [0, 0.1) is 0 Å². The van der Waals surface area contributed by atoms with Crippen LogP contribution in [0.1, 0.15) is 15.9 Å². The molecule has 0 spiro atoms. The van der Waals surface area contributed by atoms with E-state index in [2.05, 4.69) is 10.3 Å². The summed E-state index contributed by atoms with van der Waals surface area (Å²) in [6.07, 6.45) is 3.78. The first-order chi connectivity index (χ1) is 13.2. The molecule has 0 aliphatic carbocycles. The number of ether oxygens (including phenoxy) is 2. The Morgan fingerprint density at radius 3 is 2.74 bits per heavy atom. The summed E-state index contributed by atoms with van der Waals surface area (Å²) >= 11 is 0. The molecule has 0 fully saturated rings. The number of carbonyl (C=O) groups excluding carboxylic acids is 2. The van der Waals surface area contributed by atoms with E-state index in [0.29, 0.717) is 23.5 Å². The van der Waals surface area contributed by atoms with Crippen molar-refractivity contribution in [3.05, 3.63) is 84.2 Å². The number of fused-ring (bicyclic) bond motifs is 1. The van der Waals surface area contributed by atoms with Gasteiger partial charge < -0.3 is 14.8 Å². The second-order valence-electron chi connectivity index (χ2n) is 6.09. The number of nitrogens with one attached hydrogen (secondary N) is 1. The minimum atomic E-state index is -0.501. The van der Waals surface area contributed by atoms with Crippen LogP contribution in [-0.4, -0.2) is 23.0 Å². The van der Waals surface area contributed by atoms with Gasteiger partial charge >= 0.3 is 11.9 Å². The Hall–Kier alpha value is -3.67. The maximum Gasteiger partial charge on any atom is 0.343 e. The van der Waals surface area contributed by atoms with E-state index in [4.69, 9.17) is 9.47 Å². The van der Waals surface area contributed by atoms with E-state index >= 15 is 0 Å². The van der Waals surface area contributed by atoms with Crippen molar-refractivity contribution in [1.29, 1.82) is 0 Å². The second-order valence-corrected chi connectivity index (χ2v) is 6.09. The van der Waals surface area contributed by atoms with Crippen LogP contribution in [0.5, 0.6) is 11.5 Å². The first-order valence-corrected chi connectivity index (χ1v) is 8.47. The Bertz CT molecular complexity index is 974. The molecule has 0 radical (unpaired) electrons. The summed E-state index contributed by atoms with van der Waals surface area (Å²) in [4.78, 5) is 28.5. The van der Waals surface area contributed by atoms with Gasteiger partial charge in [-0.05, 0) is 35.9 Å². The number of nitrogens with zero attached hydrogens (tertiary/aromatic N) is 1. The van der Waals surface area contributed by atoms with Gasteiger partial charge in [0.15, 0.2) is 0 Å². The van der Waals surface area contributed by atoms with Gasteiger partial charge in [-0.1, -0.05) is 24.3 Å². The van der Waals surface area contributed by atoms with Crippen molar-refractivity contribution in [3.8, 4) is 11.5 Å². The average Bonchev–Trinajstić information content (AvgIpc) is 2.70. The normalized spacial score (nSPS) is 15.4. The molecule has 6 heteroatoms. The summed E-state index contributed by atoms with van der Waals surface area (Å²) in [6.45, 7) is 0. The van der Waals surface area contributed by atoms with Crippen LogP contribution in [0.25, 0.3) is 0 Å². The van der Waals surface area contributed by atoms with Crippen molar-refractivity contribution in [3.63, 3.8) is 0 Å². The molecule has 6 nitrogen and oxygen atoms in total. The fourth-order valence-electron chi connectivity index (χ4n) is 2.84. The van der Waals surface area contributed by atoms with E-state index in [1.54, 1.807) is 60.9 Å². The quantitative estimate of drug-likeness (QED) is 0.568. The number of carbonyl (C=O) groups is 2. The average molecular weight is 360 g/mol. The topological polar surface area (TPSA) is 77.5 Å². The Labute approximate surface area is 155 Å². The van der Waals surface area contributed by atoms with E-state index in [-0.39, 0.29) is 0 Å². The SMILES string of the molecule is O=C(Oc1ccc2c(c1)OC(=O)C(Nc1cccnc1)C2)c1ccccc1. The summed E-state index contributed by atoms with van der Waals surface area (Å²) < 4.78 is 10.8. The van der Waals surface area contributed by atoms with Gasteiger partial charge in [0.1, 0.15) is 17.5 Å². The van der Waals surface area contributed by atoms with Gasteiger partial charge in [-0.2, -0.15) is 0 Å². The lowest BCUT2D eigenvalue weighted by Gasteiger charge is -2.25. The number of pyridine rings is 1. The molecule has 0 saturated carbocycles. The van der Waals surface area contributed by atoms with Crippen LogP contribution in [-0.2, 0) is 11.2 Å². The maximum atomic E-state index is 12.3. The van der Waals surface area contributed by atoms with Crippen molar-refractivity contribution in [2.75, 3.05) is 5.32 Å². The van der Waals surface area contributed by atoms with Gasteiger partial charge in [0.05, 0.1) is 11.3 Å². The zero-order valence-corrected chi connectivity index (χ0v) is 14.3. The molecule has 0 saturated heterocycles. The van der Waals surface area contributed by atoms with Gasteiger partial charge in [-0.3, -0.25) is 4.98 Å². The number of hydrogen-bond donors (Lipinski definition) is 1. The summed E-state index contributed by atoms with van der Waals surface area (Å²) in [5.74, 6) is -0.122. The van der Waals surface area contributed by atoms with Crippen molar-refractivity contribution < 1.29 is 19.1 Å². The van der Waals surface area contributed by atoms with E-state index in [1.165, 1.54) is 0 Å². The molecule has 1 atom stereocenters. The molecule has 0 amide bonds. The molecule has 2 aromatic carbocycles. The molecule has 4 rings (SSSR count). The minimum Gasteiger partial charge on any atom is -0.425 e. The number of rotatable bonds is 4. The molecule has 1 unspecified atom stereocenters. The standard InChI is InChI=1S/C21H16N2O4/c24-20(14-5-2-1-3-6-14)26-17-9-8-15-11-18(21(25)27-19(15)12-17)23-16-7-4-10-22-13-16/h1-10,12-13,18,23H,11H2. The second kappa shape index (κ2) is 7.29. The lowest BCUT2D eigenvalue weighted by atomic mass is 10.0. The third kappa shape index (κ3) is 3.79. The highest BCUT2D eigenvalue weighted by Gasteiger charge is 2.29. The number of aromatic nitrogens is 1. The zero-order chi connectivity index (χ0) is 18.6. The lowest BCUT2D eigenvalue weighted by Crippen LogP contribution is -2.38. The highest BCUT2D eigenvalue weighted by Crippen LogP contribution is 2.31. The van der Waals surface area contributed by atoms with Crippen LogP contribution in [0.4, 0.5) is 5.69 Å². The molecule has 134 valence electrons. The van der Waals surface area contributed by atoms with Crippen molar-refractivity contribution in [2.24, 2.45) is 0 Å². The predicted octanol–water partition coefficient (Wildman–Crippen LogP) is 3.24. The molecule has 27 heavy (non-hydrogen) atoms. The first kappa shape index (κ1) is 16.8. The molecule has 1 aliphatic rings. The molecule has 2 heterocycles. The van der Waals surface area contributed by atoms with Crippen molar-refractivity contribution in [2.45, 2.75) is 12.5 Å². The molecule has 1 aliphatic heterocycles. The van der Waals surface area contributed by atoms with Crippen molar-refractivity contribution in [1.82, 2.24) is 4.98 Å². The molecular weight excluding hydrogens is 344 g/mol. The van der Waals surface area contributed by atoms with Crippen LogP contribution >= 0.6 is 0 Å². The molecule has 3 aromatic rings. The van der Waals surface area contributed by atoms with Gasteiger partial charge in [0, 0.05) is 24.9 Å². The predicted molar refractivity (Wildman–Crippen MR) is 98.8 cm³/mol. The largest absolute Gasteiger partial charge is 0.425 e. The molecule has 0 bridgehead atoms. The van der Waals surface area contributed by atoms with Gasteiger partial charge in [-0.25, -0.2) is 9.59 Å². The molecular formula is C21H16N2O4. The summed E-state index contributed by atoms with van der Waals surface area (Å²) in [6, 6.07) is 16.9. The van der Waals surface area contributed by atoms with Crippen molar-refractivity contribution >= 4 is 17.6 Å². The summed E-state index contributed by atoms with van der Waals surface area (Å²) in [5.41, 5.74) is 2.06. The highest BCUT2D eigenvalue weighted by atomic mass is 16.5. The third-order valence-corrected chi connectivity index (χ3v) is 4.18. The van der Waals surface area contributed by atoms with Gasteiger partial charge in [-0.15, -0.1) is 0 Å². The van der Waals surface area contributed by atoms with E-state index in [9.17, 15) is 9.59 Å². The third-order valence-electron chi connectivity index (χ3n) is 4.18. The smallest absolute Gasteiger partial charge is 0.343 e. The minimum absolute atomic E-state index is 0.328. The van der Waals surface area contributed by atoms with Crippen LogP contribution in [0.2, 0.25) is 0 Å². The van der Waals surface area contributed by atoms with Gasteiger partial charge in [0.25, 0.3) is 0 Å². The fourth-order valence-corrected chi connectivity index (χ4v) is 2.84. The number of esters is 2. The van der Waals surface area contributed by atoms with Crippen LogP contribution < -0.4 is 14.8 Å². The number of hydrogen-bond acceptors (Lipinski definition) is 6. The highest BCUT2D eigenvalue weighted by molar-refractivity contribution is 5.91. The Balaban J connectivity index is 1.48. The fraction of sp³-hybridized carbons (Fsp3) is 0.0952. The Morgan fingerprint density at radius 1 is 1.11 bits per heavy atom. The Kier molecular flexibility index (Phi) is 4.53. The molecule has 1 N–H and O–H groups in total. The van der Waals surface area contributed by atoms with E-state index < -0.39 is 18.0 Å². The molecule has 1 aromatic heterocycles. The number of anilines is 1. The zero-order valence-electron chi connectivity index (χ0n) is 14.3. The summed E-state index contributed by atoms with van der Waals surface area (Å²) in [5, 5.41) is 3.12. The van der Waals surface area contributed by atoms with E-state index in [1.807, 2.05) is 12.1 Å². The monoisotopic (exact) mass is 360 g/mol. The number of benzene rings is 2. The first-order valence-electron chi connectivity index (χ1n) is 8.47. The maximum absolute atomic E-state index is 12.3. The lowest BCUT2D eigenvalue weighted by molar-refractivity contribution is -0.136. The van der Waals surface area contributed by atoms with Crippen LogP contribution in [0.15, 0.2) is 73.1 Å². The summed E-state index contributed by atoms with van der Waals surface area (Å²) in [7, 11) is 0. The van der Waals surface area contributed by atoms with Crippen LogP contribution in [0.3, 0.4) is 0 Å². The van der Waals surface area contributed by atoms with Gasteiger partial charge in [0.2, 0.25) is 0 Å². The van der Waals surface area contributed by atoms with E-state index in [0.717, 1.165) is 11.3 Å².